The molecule has 0 spiro atoms. The summed E-state index contributed by atoms with van der Waals surface area (Å²) < 4.78 is 5.59. The molecule has 0 heterocycles. The van der Waals surface area contributed by atoms with E-state index >= 15 is 0 Å². The predicted octanol–water partition coefficient (Wildman–Crippen LogP) is 3.74. The monoisotopic (exact) mass is 263 g/mol. The molecule has 0 aliphatic carbocycles. The van der Waals surface area contributed by atoms with Crippen molar-refractivity contribution in [1.29, 1.82) is 0 Å². The lowest BCUT2D eigenvalue weighted by molar-refractivity contribution is -0.00165. The minimum absolute atomic E-state index is 0.0231. The van der Waals surface area contributed by atoms with Gasteiger partial charge in [-0.15, -0.1) is 0 Å². The molecule has 0 amide bonds. The van der Waals surface area contributed by atoms with Crippen molar-refractivity contribution in [2.24, 2.45) is 11.1 Å². The minimum Gasteiger partial charge on any atom is -0.379 e. The first-order chi connectivity index (χ1) is 8.75. The van der Waals surface area contributed by atoms with Crippen molar-refractivity contribution < 1.29 is 4.74 Å². The van der Waals surface area contributed by atoms with Crippen LogP contribution in [-0.2, 0) is 11.2 Å². The van der Waals surface area contributed by atoms with Crippen molar-refractivity contribution in [3.63, 3.8) is 0 Å². The van der Waals surface area contributed by atoms with Crippen LogP contribution in [0.1, 0.15) is 51.7 Å². The molecule has 19 heavy (non-hydrogen) atoms. The molecule has 0 radical (unpaired) electrons. The Bertz CT molecular complexity index is 375. The Hall–Kier alpha value is -0.860. The van der Waals surface area contributed by atoms with E-state index in [-0.39, 0.29) is 17.6 Å². The van der Waals surface area contributed by atoms with Crippen LogP contribution < -0.4 is 5.73 Å². The lowest BCUT2D eigenvalue weighted by atomic mass is 9.82. The van der Waals surface area contributed by atoms with Crippen molar-refractivity contribution in [2.45, 2.75) is 59.1 Å². The normalized spacial score (nSPS) is 15.6. The first kappa shape index (κ1) is 16.2. The lowest BCUT2D eigenvalue weighted by Crippen LogP contribution is -2.46. The van der Waals surface area contributed by atoms with E-state index in [0.29, 0.717) is 5.92 Å². The highest BCUT2D eigenvalue weighted by molar-refractivity contribution is 5.25. The summed E-state index contributed by atoms with van der Waals surface area (Å²) in [5, 5.41) is 0. The molecule has 0 bridgehead atoms. The van der Waals surface area contributed by atoms with Gasteiger partial charge in [0.15, 0.2) is 0 Å². The van der Waals surface area contributed by atoms with Crippen LogP contribution in [0.5, 0.6) is 0 Å². The van der Waals surface area contributed by atoms with Gasteiger partial charge in [0.2, 0.25) is 0 Å². The molecular weight excluding hydrogens is 234 g/mol. The number of hydrogen-bond acceptors (Lipinski definition) is 2. The summed E-state index contributed by atoms with van der Waals surface area (Å²) in [5.74, 6) is 0.573. The highest BCUT2D eigenvalue weighted by Crippen LogP contribution is 2.25. The Morgan fingerprint density at radius 2 is 1.63 bits per heavy atom. The zero-order chi connectivity index (χ0) is 14.6. The summed E-state index contributed by atoms with van der Waals surface area (Å²) in [6, 6.07) is 8.79. The second kappa shape index (κ2) is 6.53. The smallest absolute Gasteiger partial charge is 0.0773 e. The Kier molecular flexibility index (Phi) is 5.57. The number of methoxy groups -OCH3 is 1. The summed E-state index contributed by atoms with van der Waals surface area (Å²) >= 11 is 0. The van der Waals surface area contributed by atoms with Gasteiger partial charge in [-0.3, -0.25) is 0 Å². The maximum Gasteiger partial charge on any atom is 0.0773 e. The standard InChI is InChI=1S/C17H29NO/c1-12(2)14-9-7-13(8-10-14)11-15(18)16(19-6)17(3,4)5/h7-10,12,15-16H,11,18H2,1-6H3. The van der Waals surface area contributed by atoms with Gasteiger partial charge in [0.25, 0.3) is 0 Å². The fourth-order valence-corrected chi connectivity index (χ4v) is 2.59. The topological polar surface area (TPSA) is 35.2 Å². The lowest BCUT2D eigenvalue weighted by Gasteiger charge is -2.34. The van der Waals surface area contributed by atoms with Crippen LogP contribution in [0, 0.1) is 5.41 Å². The molecule has 1 rings (SSSR count). The zero-order valence-corrected chi connectivity index (χ0v) is 13.2. The number of rotatable bonds is 5. The van der Waals surface area contributed by atoms with Crippen LogP contribution in [0.2, 0.25) is 0 Å². The zero-order valence-electron chi connectivity index (χ0n) is 13.2. The van der Waals surface area contributed by atoms with Gasteiger partial charge in [-0.1, -0.05) is 58.9 Å². The molecule has 2 unspecified atom stereocenters. The third kappa shape index (κ3) is 4.63. The quantitative estimate of drug-likeness (QED) is 0.878. The maximum absolute atomic E-state index is 6.32. The third-order valence-corrected chi connectivity index (χ3v) is 3.61. The molecule has 0 fully saturated rings. The highest BCUT2D eigenvalue weighted by atomic mass is 16.5. The Labute approximate surface area is 118 Å². The fraction of sp³-hybridized carbons (Fsp3) is 0.647. The molecule has 0 aliphatic rings. The van der Waals surface area contributed by atoms with E-state index in [0.717, 1.165) is 6.42 Å². The largest absolute Gasteiger partial charge is 0.379 e. The van der Waals surface area contributed by atoms with E-state index in [4.69, 9.17) is 10.5 Å². The molecule has 1 aromatic carbocycles. The van der Waals surface area contributed by atoms with Gasteiger partial charge in [0.05, 0.1) is 6.10 Å². The second-order valence-electron chi connectivity index (χ2n) is 6.79. The summed E-state index contributed by atoms with van der Waals surface area (Å²) in [7, 11) is 1.75. The van der Waals surface area contributed by atoms with E-state index in [9.17, 15) is 0 Å². The molecule has 0 saturated carbocycles. The fourth-order valence-electron chi connectivity index (χ4n) is 2.59. The van der Waals surface area contributed by atoms with Gasteiger partial charge in [-0.05, 0) is 28.9 Å². The highest BCUT2D eigenvalue weighted by Gasteiger charge is 2.30. The van der Waals surface area contributed by atoms with Crippen LogP contribution in [-0.4, -0.2) is 19.3 Å². The van der Waals surface area contributed by atoms with Gasteiger partial charge >= 0.3 is 0 Å². The molecule has 0 aliphatic heterocycles. The van der Waals surface area contributed by atoms with Crippen LogP contribution in [0.3, 0.4) is 0 Å². The van der Waals surface area contributed by atoms with E-state index in [1.165, 1.54) is 11.1 Å². The Morgan fingerprint density at radius 3 is 2.00 bits per heavy atom. The summed E-state index contributed by atoms with van der Waals surface area (Å²) in [5.41, 5.74) is 9.03. The summed E-state index contributed by atoms with van der Waals surface area (Å²) in [6.45, 7) is 10.9. The van der Waals surface area contributed by atoms with Crippen LogP contribution in [0.25, 0.3) is 0 Å². The van der Waals surface area contributed by atoms with Crippen LogP contribution in [0.15, 0.2) is 24.3 Å². The molecule has 2 nitrogen and oxygen atoms in total. The van der Waals surface area contributed by atoms with Crippen molar-refractivity contribution in [3.8, 4) is 0 Å². The van der Waals surface area contributed by atoms with Gasteiger partial charge in [-0.2, -0.15) is 0 Å². The summed E-state index contributed by atoms with van der Waals surface area (Å²) in [6.07, 6.45) is 0.922. The predicted molar refractivity (Wildman–Crippen MR) is 82.5 cm³/mol. The molecule has 1 aromatic rings. The number of hydrogen-bond donors (Lipinski definition) is 1. The Morgan fingerprint density at radius 1 is 1.11 bits per heavy atom. The van der Waals surface area contributed by atoms with E-state index < -0.39 is 0 Å². The molecule has 2 atom stereocenters. The average molecular weight is 263 g/mol. The van der Waals surface area contributed by atoms with Gasteiger partial charge in [-0.25, -0.2) is 0 Å². The van der Waals surface area contributed by atoms with Gasteiger partial charge in [0, 0.05) is 13.2 Å². The molecule has 0 saturated heterocycles. The molecule has 2 heteroatoms. The molecule has 0 aromatic heterocycles. The average Bonchev–Trinajstić information content (AvgIpc) is 2.28. The van der Waals surface area contributed by atoms with Crippen LogP contribution >= 0.6 is 0 Å². The third-order valence-electron chi connectivity index (χ3n) is 3.61. The number of nitrogens with two attached hydrogens (primary N) is 1. The molecule has 108 valence electrons. The van der Waals surface area contributed by atoms with Crippen molar-refractivity contribution in [1.82, 2.24) is 0 Å². The maximum atomic E-state index is 6.32. The molecular formula is C17H29NO. The minimum atomic E-state index is 0.0231. The van der Waals surface area contributed by atoms with Crippen molar-refractivity contribution >= 4 is 0 Å². The molecule has 2 N–H and O–H groups in total. The van der Waals surface area contributed by atoms with E-state index in [1.54, 1.807) is 7.11 Å². The SMILES string of the molecule is COC(C(N)Cc1ccc(C(C)C)cc1)C(C)(C)C. The Balaban J connectivity index is 2.73. The number of benzene rings is 1. The van der Waals surface area contributed by atoms with Crippen molar-refractivity contribution in [2.75, 3.05) is 7.11 Å². The first-order valence-corrected chi connectivity index (χ1v) is 7.13. The van der Waals surface area contributed by atoms with Crippen molar-refractivity contribution in [3.05, 3.63) is 35.4 Å². The van der Waals surface area contributed by atoms with E-state index in [2.05, 4.69) is 58.9 Å². The van der Waals surface area contributed by atoms with Gasteiger partial charge < -0.3 is 10.5 Å². The number of ether oxygens (including phenoxy) is 1. The second-order valence-corrected chi connectivity index (χ2v) is 6.79. The first-order valence-electron chi connectivity index (χ1n) is 7.13. The summed E-state index contributed by atoms with van der Waals surface area (Å²) in [4.78, 5) is 0. The van der Waals surface area contributed by atoms with Crippen LogP contribution in [0.4, 0.5) is 0 Å². The van der Waals surface area contributed by atoms with Gasteiger partial charge in [0.1, 0.15) is 0 Å². The van der Waals surface area contributed by atoms with E-state index in [1.807, 2.05) is 0 Å².